The number of hydrogen-bond donors (Lipinski definition) is 2. The lowest BCUT2D eigenvalue weighted by atomic mass is 9.69. The first-order valence-electron chi connectivity index (χ1n) is 11.8. The summed E-state index contributed by atoms with van der Waals surface area (Å²) in [5.41, 5.74) is 5.65. The minimum absolute atomic E-state index is 0.0125. The number of nitrogen functional groups attached to an aromatic ring is 1. The van der Waals surface area contributed by atoms with Crippen LogP contribution in [0, 0.1) is 6.92 Å². The van der Waals surface area contributed by atoms with Crippen molar-refractivity contribution in [1.82, 2.24) is 24.1 Å². The molecule has 3 aliphatic rings. The molecule has 0 amide bonds. The maximum Gasteiger partial charge on any atom is 0.490 e. The topological polar surface area (TPSA) is 151 Å². The van der Waals surface area contributed by atoms with E-state index in [1.807, 2.05) is 6.92 Å². The van der Waals surface area contributed by atoms with Crippen LogP contribution in [0.2, 0.25) is 0 Å². The lowest BCUT2D eigenvalue weighted by molar-refractivity contribution is -0.236. The third-order valence-corrected chi connectivity index (χ3v) is 8.97. The summed E-state index contributed by atoms with van der Waals surface area (Å²) >= 11 is 0. The van der Waals surface area contributed by atoms with Gasteiger partial charge in [-0.15, -0.1) is 0 Å². The number of nitrogens with zero attached hydrogens (tertiary/aromatic N) is 4. The van der Waals surface area contributed by atoms with Crippen molar-refractivity contribution in [2.75, 3.05) is 12.3 Å². The maximum absolute atomic E-state index is 13.4. The molecule has 2 aromatic heterocycles. The van der Waals surface area contributed by atoms with Gasteiger partial charge in [0.1, 0.15) is 18.0 Å². The maximum atomic E-state index is 13.4. The van der Waals surface area contributed by atoms with Crippen LogP contribution >= 0.6 is 0 Å². The number of alkyl halides is 3. The van der Waals surface area contributed by atoms with Crippen molar-refractivity contribution in [3.05, 3.63) is 36.3 Å². The second-order valence-electron chi connectivity index (χ2n) is 9.79. The Morgan fingerprint density at radius 1 is 1.24 bits per heavy atom. The van der Waals surface area contributed by atoms with Crippen molar-refractivity contribution in [3.8, 4) is 11.3 Å². The van der Waals surface area contributed by atoms with Crippen molar-refractivity contribution in [3.63, 3.8) is 0 Å². The van der Waals surface area contributed by atoms with Crippen LogP contribution in [0.4, 0.5) is 19.1 Å². The SMILES string of the molecule is Cc1ccc(S(=O)(=O)NC23CCC(C(C)OC(=O)C(F)(F)F)(CC2)OC3)cc1-c1cn2c(N)ncnc2n1. The molecule has 2 saturated heterocycles. The van der Waals surface area contributed by atoms with E-state index in [0.29, 0.717) is 29.9 Å². The minimum Gasteiger partial charge on any atom is -0.453 e. The van der Waals surface area contributed by atoms with E-state index in [9.17, 15) is 26.4 Å². The molecule has 11 nitrogen and oxygen atoms in total. The first-order chi connectivity index (χ1) is 17.7. The predicted octanol–water partition coefficient (Wildman–Crippen LogP) is 2.54. The fraction of sp³-hybridized carbons (Fsp3) is 0.478. The van der Waals surface area contributed by atoms with Gasteiger partial charge in [0.2, 0.25) is 21.7 Å². The first-order valence-corrected chi connectivity index (χ1v) is 13.2. The van der Waals surface area contributed by atoms with E-state index >= 15 is 0 Å². The molecule has 1 unspecified atom stereocenters. The van der Waals surface area contributed by atoms with Crippen LogP contribution < -0.4 is 10.5 Å². The van der Waals surface area contributed by atoms with Crippen molar-refractivity contribution in [1.29, 1.82) is 0 Å². The Morgan fingerprint density at radius 3 is 2.55 bits per heavy atom. The summed E-state index contributed by atoms with van der Waals surface area (Å²) in [7, 11) is -4.02. The molecule has 3 N–H and O–H groups in total. The van der Waals surface area contributed by atoms with E-state index in [-0.39, 0.29) is 30.3 Å². The van der Waals surface area contributed by atoms with Crippen LogP contribution in [0.25, 0.3) is 17.0 Å². The number of fused-ring (bicyclic) bond motifs is 4. The highest BCUT2D eigenvalue weighted by Gasteiger charge is 2.56. The molecule has 0 spiro atoms. The molecule has 38 heavy (non-hydrogen) atoms. The number of hydrogen-bond acceptors (Lipinski definition) is 9. The third kappa shape index (κ3) is 4.58. The van der Waals surface area contributed by atoms with Gasteiger partial charge in [-0.1, -0.05) is 6.07 Å². The van der Waals surface area contributed by atoms with Crippen molar-refractivity contribution < 1.29 is 35.9 Å². The Labute approximate surface area is 215 Å². The quantitative estimate of drug-likeness (QED) is 0.438. The number of anilines is 1. The Kier molecular flexibility index (Phi) is 6.15. The van der Waals surface area contributed by atoms with Crippen LogP contribution in [0.5, 0.6) is 0 Å². The summed E-state index contributed by atoms with van der Waals surface area (Å²) < 4.78 is 79.6. The minimum atomic E-state index is -5.11. The number of aromatic nitrogens is 4. The summed E-state index contributed by atoms with van der Waals surface area (Å²) in [4.78, 5) is 23.7. The Bertz CT molecular complexity index is 1500. The number of imidazole rings is 1. The first kappa shape index (κ1) is 26.3. The van der Waals surface area contributed by atoms with Crippen molar-refractivity contribution in [2.24, 2.45) is 0 Å². The average Bonchev–Trinajstić information content (AvgIpc) is 3.29. The predicted molar refractivity (Wildman–Crippen MR) is 127 cm³/mol. The van der Waals surface area contributed by atoms with Gasteiger partial charge >= 0.3 is 12.1 Å². The molecule has 204 valence electrons. The standard InChI is InChI=1S/C23H25F3N6O5S/c1-13-3-4-15(9-16(13)17-10-32-19(27)28-12-29-20(32)30-17)38(34,35)31-21-5-7-22(8-6-21,36-11-21)14(2)37-18(33)23(24,25)26/h3-4,9-10,12,14,31H,5-8,11H2,1-2H3,(H2,27,28,29,30). The number of nitrogens with one attached hydrogen (secondary N) is 1. The molecule has 2 bridgehead atoms. The number of carbonyl (C=O) groups is 1. The number of nitrogens with two attached hydrogens (primary N) is 1. The van der Waals surface area contributed by atoms with E-state index in [2.05, 4.69) is 24.4 Å². The lowest BCUT2D eigenvalue weighted by Crippen LogP contribution is -2.65. The van der Waals surface area contributed by atoms with Gasteiger partial charge in [-0.05, 0) is 57.2 Å². The second kappa shape index (κ2) is 8.88. The lowest BCUT2D eigenvalue weighted by Gasteiger charge is -2.54. The van der Waals surface area contributed by atoms with Gasteiger partial charge < -0.3 is 15.2 Å². The van der Waals surface area contributed by atoms with Gasteiger partial charge in [-0.25, -0.2) is 32.9 Å². The molecule has 1 atom stereocenters. The van der Waals surface area contributed by atoms with Crippen molar-refractivity contribution >= 4 is 27.7 Å². The summed E-state index contributed by atoms with van der Waals surface area (Å²) in [6.45, 7) is 3.11. The number of rotatable bonds is 6. The average molecular weight is 555 g/mol. The molecule has 1 aromatic carbocycles. The number of halogens is 3. The number of ether oxygens (including phenoxy) is 2. The fourth-order valence-electron chi connectivity index (χ4n) is 5.06. The van der Waals surface area contributed by atoms with Crippen LogP contribution in [0.3, 0.4) is 0 Å². The largest absolute Gasteiger partial charge is 0.490 e. The zero-order valence-corrected chi connectivity index (χ0v) is 21.3. The smallest absolute Gasteiger partial charge is 0.453 e. The number of aryl methyl sites for hydroxylation is 1. The number of sulfonamides is 1. The molecule has 3 aromatic rings. The summed E-state index contributed by atoms with van der Waals surface area (Å²) in [6, 6.07) is 4.66. The van der Waals surface area contributed by atoms with Crippen LogP contribution in [-0.2, 0) is 24.3 Å². The number of esters is 1. The van der Waals surface area contributed by atoms with E-state index < -0.39 is 39.4 Å². The molecule has 6 rings (SSSR count). The summed E-state index contributed by atoms with van der Waals surface area (Å²) in [6.07, 6.45) is -2.27. The Balaban J connectivity index is 1.34. The molecular weight excluding hydrogens is 529 g/mol. The second-order valence-corrected chi connectivity index (χ2v) is 11.5. The van der Waals surface area contributed by atoms with E-state index in [1.165, 1.54) is 29.8 Å². The monoisotopic (exact) mass is 554 g/mol. The zero-order chi connectivity index (χ0) is 27.5. The van der Waals surface area contributed by atoms with Gasteiger partial charge in [0.15, 0.2) is 0 Å². The van der Waals surface area contributed by atoms with Gasteiger partial charge in [0, 0.05) is 11.8 Å². The zero-order valence-electron chi connectivity index (χ0n) is 20.4. The van der Waals surface area contributed by atoms with Gasteiger partial charge in [-0.2, -0.15) is 13.2 Å². The molecular formula is C23H25F3N6O5S. The highest BCUT2D eigenvalue weighted by molar-refractivity contribution is 7.89. The number of carbonyl (C=O) groups excluding carboxylic acids is 1. The van der Waals surface area contributed by atoms with E-state index in [1.54, 1.807) is 12.3 Å². The van der Waals surface area contributed by atoms with Gasteiger partial charge in [0.25, 0.3) is 0 Å². The molecule has 4 heterocycles. The van der Waals surface area contributed by atoms with Crippen LogP contribution in [0.15, 0.2) is 35.6 Å². The van der Waals surface area contributed by atoms with E-state index in [0.717, 1.165) is 5.56 Å². The fourth-order valence-corrected chi connectivity index (χ4v) is 6.53. The molecule has 1 saturated carbocycles. The van der Waals surface area contributed by atoms with E-state index in [4.69, 9.17) is 10.5 Å². The molecule has 3 fully saturated rings. The number of benzene rings is 1. The molecule has 2 aliphatic heterocycles. The van der Waals surface area contributed by atoms with Crippen LogP contribution in [0.1, 0.15) is 38.2 Å². The highest BCUT2D eigenvalue weighted by atomic mass is 32.2. The van der Waals surface area contributed by atoms with Crippen LogP contribution in [-0.4, -0.2) is 63.8 Å². The summed E-state index contributed by atoms with van der Waals surface area (Å²) in [5, 5.41) is 0. The molecule has 15 heteroatoms. The Hall–Kier alpha value is -3.30. The van der Waals surface area contributed by atoms with Gasteiger partial charge in [0.05, 0.1) is 22.7 Å². The summed E-state index contributed by atoms with van der Waals surface area (Å²) in [5.74, 6) is -1.77. The molecule has 0 radical (unpaired) electrons. The highest BCUT2D eigenvalue weighted by Crippen LogP contribution is 2.47. The normalized spacial score (nSPS) is 24.4. The Morgan fingerprint density at radius 2 is 1.95 bits per heavy atom. The third-order valence-electron chi connectivity index (χ3n) is 7.39. The van der Waals surface area contributed by atoms with Gasteiger partial charge in [-0.3, -0.25) is 4.40 Å². The molecule has 1 aliphatic carbocycles. The van der Waals surface area contributed by atoms with Crippen molar-refractivity contribution in [2.45, 2.75) is 67.8 Å².